The average Bonchev–Trinajstić information content (AvgIpc) is 2.55. The summed E-state index contributed by atoms with van der Waals surface area (Å²) < 4.78 is 0. The van der Waals surface area contributed by atoms with E-state index in [1.54, 1.807) is 0 Å². The van der Waals surface area contributed by atoms with Crippen LogP contribution in [0.4, 0.5) is 0 Å². The van der Waals surface area contributed by atoms with Gasteiger partial charge in [-0.05, 0) is 37.2 Å². The Morgan fingerprint density at radius 2 is 1.95 bits per heavy atom. The minimum Gasteiger partial charge on any atom is -0.344 e. The maximum Gasteiger partial charge on any atom is 0.245 e. The van der Waals surface area contributed by atoms with Gasteiger partial charge in [0.1, 0.15) is 6.04 Å². The minimum atomic E-state index is -0.323. The van der Waals surface area contributed by atoms with Gasteiger partial charge in [-0.15, -0.1) is 0 Å². The highest BCUT2D eigenvalue weighted by Crippen LogP contribution is 2.13. The monoisotopic (exact) mass is 314 g/mol. The molecule has 0 aromatic carbocycles. The van der Waals surface area contributed by atoms with Gasteiger partial charge in [0.05, 0.1) is 0 Å². The normalized spacial score (nSPS) is 19.8. The predicted molar refractivity (Wildman–Crippen MR) is 89.4 cm³/mol. The van der Waals surface area contributed by atoms with Crippen LogP contribution in [0, 0.1) is 5.92 Å². The molecule has 1 fully saturated rings. The first-order valence-electron chi connectivity index (χ1n) is 8.11. The lowest BCUT2D eigenvalue weighted by Crippen LogP contribution is -2.45. The summed E-state index contributed by atoms with van der Waals surface area (Å²) in [6.45, 7) is 5.53. The van der Waals surface area contributed by atoms with E-state index in [4.69, 9.17) is 0 Å². The van der Waals surface area contributed by atoms with Crippen molar-refractivity contribution < 1.29 is 9.59 Å². The molecule has 4 nitrogen and oxygen atoms in total. The van der Waals surface area contributed by atoms with E-state index < -0.39 is 0 Å². The topological polar surface area (TPSA) is 49.4 Å². The molecule has 1 aliphatic heterocycles. The number of thioether (sulfide) groups is 1. The van der Waals surface area contributed by atoms with Crippen LogP contribution in [0.15, 0.2) is 0 Å². The molecule has 1 rings (SSSR count). The van der Waals surface area contributed by atoms with Gasteiger partial charge >= 0.3 is 0 Å². The van der Waals surface area contributed by atoms with Gasteiger partial charge in [-0.3, -0.25) is 9.59 Å². The first kappa shape index (κ1) is 18.3. The largest absolute Gasteiger partial charge is 0.344 e. The highest BCUT2D eigenvalue weighted by molar-refractivity contribution is 7.98. The van der Waals surface area contributed by atoms with E-state index in [2.05, 4.69) is 25.4 Å². The molecule has 5 heteroatoms. The Morgan fingerprint density at radius 3 is 2.62 bits per heavy atom. The van der Waals surface area contributed by atoms with Crippen LogP contribution in [0.25, 0.3) is 0 Å². The summed E-state index contributed by atoms with van der Waals surface area (Å²) in [5.74, 6) is 1.75. The van der Waals surface area contributed by atoms with Gasteiger partial charge < -0.3 is 10.2 Å². The molecule has 0 spiro atoms. The second-order valence-electron chi connectivity index (χ2n) is 6.23. The molecule has 21 heavy (non-hydrogen) atoms. The average molecular weight is 314 g/mol. The number of hydrogen-bond acceptors (Lipinski definition) is 3. The fraction of sp³-hybridized carbons (Fsp3) is 0.875. The zero-order valence-corrected chi connectivity index (χ0v) is 14.5. The van der Waals surface area contributed by atoms with E-state index in [1.165, 1.54) is 25.0 Å². The molecule has 0 saturated carbocycles. The lowest BCUT2D eigenvalue weighted by Gasteiger charge is -2.25. The van der Waals surface area contributed by atoms with Crippen LogP contribution in [-0.2, 0) is 9.59 Å². The minimum absolute atomic E-state index is 0.0106. The van der Waals surface area contributed by atoms with Crippen molar-refractivity contribution in [2.24, 2.45) is 5.92 Å². The van der Waals surface area contributed by atoms with E-state index in [9.17, 15) is 9.59 Å². The highest BCUT2D eigenvalue weighted by atomic mass is 32.2. The molecule has 1 heterocycles. The Balaban J connectivity index is 2.40. The maximum absolute atomic E-state index is 12.5. The van der Waals surface area contributed by atoms with Crippen molar-refractivity contribution >= 4 is 23.6 Å². The molecular weight excluding hydrogens is 284 g/mol. The standard InChI is InChI=1S/C16H30N2O2S/c1-13(2)12-14-16(20)18(10-8-15(19)17-14)9-6-4-5-7-11-21-3/h13-14H,4-12H2,1-3H3,(H,17,19). The lowest BCUT2D eigenvalue weighted by atomic mass is 10.0. The number of carbonyl (C=O) groups is 2. The number of rotatable bonds is 9. The molecule has 0 aromatic heterocycles. The third-order valence-electron chi connectivity index (χ3n) is 3.79. The van der Waals surface area contributed by atoms with E-state index >= 15 is 0 Å². The fourth-order valence-corrected chi connectivity index (χ4v) is 3.14. The van der Waals surface area contributed by atoms with Crippen LogP contribution >= 0.6 is 11.8 Å². The van der Waals surface area contributed by atoms with Crippen LogP contribution in [0.1, 0.15) is 52.4 Å². The second-order valence-corrected chi connectivity index (χ2v) is 7.22. The third kappa shape index (κ3) is 7.21. The van der Waals surface area contributed by atoms with Crippen LogP contribution < -0.4 is 5.32 Å². The molecule has 1 saturated heterocycles. The summed E-state index contributed by atoms with van der Waals surface area (Å²) in [7, 11) is 0. The van der Waals surface area contributed by atoms with E-state index in [-0.39, 0.29) is 17.9 Å². The number of hydrogen-bond donors (Lipinski definition) is 1. The van der Waals surface area contributed by atoms with E-state index in [1.807, 2.05) is 16.7 Å². The molecular formula is C16H30N2O2S. The Bertz CT molecular complexity index is 334. The molecule has 0 radical (unpaired) electrons. The Hall–Kier alpha value is -0.710. The molecule has 1 atom stereocenters. The summed E-state index contributed by atoms with van der Waals surface area (Å²) in [4.78, 5) is 26.1. The van der Waals surface area contributed by atoms with Crippen molar-refractivity contribution in [1.82, 2.24) is 10.2 Å². The summed E-state index contributed by atoms with van der Waals surface area (Å²) >= 11 is 1.89. The lowest BCUT2D eigenvalue weighted by molar-refractivity contribution is -0.134. The maximum atomic E-state index is 12.5. The predicted octanol–water partition coefficient (Wildman–Crippen LogP) is 2.67. The summed E-state index contributed by atoms with van der Waals surface area (Å²) in [5, 5.41) is 2.88. The Labute approximate surface area is 133 Å². The number of nitrogens with one attached hydrogen (secondary N) is 1. The molecule has 1 N–H and O–H groups in total. The van der Waals surface area contributed by atoms with Crippen molar-refractivity contribution in [1.29, 1.82) is 0 Å². The Kier molecular flexibility index (Phi) is 8.81. The number of amides is 2. The number of unbranched alkanes of at least 4 members (excludes halogenated alkanes) is 3. The number of nitrogens with zero attached hydrogens (tertiary/aromatic N) is 1. The van der Waals surface area contributed by atoms with Crippen molar-refractivity contribution in [3.63, 3.8) is 0 Å². The summed E-state index contributed by atoms with van der Waals surface area (Å²) in [6, 6.07) is -0.323. The van der Waals surface area contributed by atoms with E-state index in [0.717, 1.165) is 19.4 Å². The smallest absolute Gasteiger partial charge is 0.245 e. The summed E-state index contributed by atoms with van der Waals surface area (Å²) in [5.41, 5.74) is 0. The van der Waals surface area contributed by atoms with Gasteiger partial charge in [0, 0.05) is 19.5 Å². The highest BCUT2D eigenvalue weighted by Gasteiger charge is 2.29. The van der Waals surface area contributed by atoms with Crippen LogP contribution in [0.5, 0.6) is 0 Å². The quantitative estimate of drug-likeness (QED) is 0.666. The summed E-state index contributed by atoms with van der Waals surface area (Å²) in [6.07, 6.45) is 8.00. The second kappa shape index (κ2) is 10.1. The van der Waals surface area contributed by atoms with Crippen molar-refractivity contribution in [2.75, 3.05) is 25.1 Å². The van der Waals surface area contributed by atoms with Gasteiger partial charge in [-0.2, -0.15) is 11.8 Å². The third-order valence-corrected chi connectivity index (χ3v) is 4.48. The van der Waals surface area contributed by atoms with Crippen LogP contribution in [-0.4, -0.2) is 47.9 Å². The first-order valence-corrected chi connectivity index (χ1v) is 9.51. The molecule has 0 bridgehead atoms. The molecule has 0 aromatic rings. The van der Waals surface area contributed by atoms with Gasteiger partial charge in [0.15, 0.2) is 0 Å². The molecule has 122 valence electrons. The fourth-order valence-electron chi connectivity index (χ4n) is 2.65. The van der Waals surface area contributed by atoms with Gasteiger partial charge in [0.25, 0.3) is 0 Å². The zero-order chi connectivity index (χ0) is 15.7. The number of carbonyl (C=O) groups excluding carboxylic acids is 2. The van der Waals surface area contributed by atoms with Gasteiger partial charge in [-0.25, -0.2) is 0 Å². The molecule has 1 aliphatic rings. The van der Waals surface area contributed by atoms with Crippen molar-refractivity contribution in [2.45, 2.75) is 58.4 Å². The van der Waals surface area contributed by atoms with Crippen molar-refractivity contribution in [3.8, 4) is 0 Å². The van der Waals surface area contributed by atoms with Crippen LogP contribution in [0.2, 0.25) is 0 Å². The first-order chi connectivity index (χ1) is 10.0. The Morgan fingerprint density at radius 1 is 1.24 bits per heavy atom. The molecule has 2 amide bonds. The van der Waals surface area contributed by atoms with Crippen molar-refractivity contribution in [3.05, 3.63) is 0 Å². The van der Waals surface area contributed by atoms with Crippen LogP contribution in [0.3, 0.4) is 0 Å². The zero-order valence-electron chi connectivity index (χ0n) is 13.7. The molecule has 0 aliphatic carbocycles. The SMILES string of the molecule is CSCCCCCCN1CCC(=O)NC(CC(C)C)C1=O. The molecule has 1 unspecified atom stereocenters. The van der Waals surface area contributed by atoms with Gasteiger partial charge in [-0.1, -0.05) is 26.7 Å². The van der Waals surface area contributed by atoms with Gasteiger partial charge in [0.2, 0.25) is 11.8 Å². The van der Waals surface area contributed by atoms with E-state index in [0.29, 0.717) is 18.9 Å².